The largest absolute Gasteiger partial charge is 0.382 e. The topological polar surface area (TPSA) is 71.0 Å². The Morgan fingerprint density at radius 2 is 1.77 bits per heavy atom. The third-order valence-electron chi connectivity index (χ3n) is 5.99. The number of amidine groups is 1. The van der Waals surface area contributed by atoms with E-state index in [0.717, 1.165) is 33.3 Å². The molecule has 1 aliphatic heterocycles. The summed E-state index contributed by atoms with van der Waals surface area (Å²) in [6.07, 6.45) is 0.795. The van der Waals surface area contributed by atoms with Crippen molar-refractivity contribution in [2.24, 2.45) is 4.99 Å². The van der Waals surface area contributed by atoms with Crippen molar-refractivity contribution >= 4 is 50.9 Å². The van der Waals surface area contributed by atoms with E-state index in [4.69, 9.17) is 9.73 Å². The quantitative estimate of drug-likeness (QED) is 0.383. The van der Waals surface area contributed by atoms with Crippen molar-refractivity contribution in [1.82, 2.24) is 4.90 Å². The number of hydrogen-bond donors (Lipinski definition) is 1. The number of carbonyl (C=O) groups excluding carboxylic acids is 2. The number of hydrogen-bond acceptors (Lipinski definition) is 5. The first kappa shape index (κ1) is 24.9. The van der Waals surface area contributed by atoms with Crippen LogP contribution in [0.5, 0.6) is 0 Å². The van der Waals surface area contributed by atoms with Crippen LogP contribution in [0.4, 0.5) is 11.4 Å². The van der Waals surface area contributed by atoms with Crippen LogP contribution >= 0.6 is 11.8 Å². The Kier molecular flexibility index (Phi) is 8.21. The number of ether oxygens (including phenoxy) is 1. The van der Waals surface area contributed by atoms with Gasteiger partial charge in [0.1, 0.15) is 5.25 Å². The smallest absolute Gasteiger partial charge is 0.242 e. The molecule has 0 spiro atoms. The maximum Gasteiger partial charge on any atom is 0.242 e. The van der Waals surface area contributed by atoms with E-state index in [1.165, 1.54) is 11.8 Å². The molecule has 2 amide bonds. The molecule has 6 nitrogen and oxygen atoms in total. The standard InChI is InChI=1S/C28H31N3O3S/c1-4-34-17-9-16-31-27(33)24(18-25(32)30-26-19(2)10-7-11-20(26)3)35-28(31)29-23-15-8-13-21-12-5-6-14-22(21)23/h5-8,10-15,24H,4,9,16-18H2,1-3H3,(H,30,32). The first-order valence-corrected chi connectivity index (χ1v) is 12.8. The van der Waals surface area contributed by atoms with Gasteiger partial charge in [0.25, 0.3) is 0 Å². The van der Waals surface area contributed by atoms with Crippen LogP contribution in [0, 0.1) is 13.8 Å². The van der Waals surface area contributed by atoms with Crippen molar-refractivity contribution in [3.05, 3.63) is 71.8 Å². The van der Waals surface area contributed by atoms with Crippen LogP contribution in [0.3, 0.4) is 0 Å². The molecule has 0 aromatic heterocycles. The van der Waals surface area contributed by atoms with Crippen LogP contribution < -0.4 is 5.32 Å². The number of aryl methyl sites for hydroxylation is 2. The molecule has 35 heavy (non-hydrogen) atoms. The van der Waals surface area contributed by atoms with Gasteiger partial charge in [-0.15, -0.1) is 0 Å². The van der Waals surface area contributed by atoms with Gasteiger partial charge in [0.2, 0.25) is 11.8 Å². The first-order valence-electron chi connectivity index (χ1n) is 12.0. The minimum atomic E-state index is -0.514. The van der Waals surface area contributed by atoms with Gasteiger partial charge < -0.3 is 10.1 Å². The number of fused-ring (bicyclic) bond motifs is 1. The summed E-state index contributed by atoms with van der Waals surface area (Å²) in [5.74, 6) is -0.254. The van der Waals surface area contributed by atoms with E-state index >= 15 is 0 Å². The fourth-order valence-electron chi connectivity index (χ4n) is 4.18. The summed E-state index contributed by atoms with van der Waals surface area (Å²) in [4.78, 5) is 32.9. The van der Waals surface area contributed by atoms with E-state index in [1.807, 2.05) is 81.4 Å². The molecular formula is C28H31N3O3S. The average Bonchev–Trinajstić information content (AvgIpc) is 3.13. The summed E-state index contributed by atoms with van der Waals surface area (Å²) in [5.41, 5.74) is 3.62. The molecule has 0 radical (unpaired) electrons. The van der Waals surface area contributed by atoms with Crippen LogP contribution in [0.15, 0.2) is 65.7 Å². The van der Waals surface area contributed by atoms with E-state index in [1.54, 1.807) is 4.90 Å². The Balaban J connectivity index is 1.56. The fraction of sp³-hybridized carbons (Fsp3) is 0.321. The van der Waals surface area contributed by atoms with E-state index in [0.29, 0.717) is 31.3 Å². The van der Waals surface area contributed by atoms with Gasteiger partial charge in [-0.25, -0.2) is 4.99 Å². The molecule has 1 atom stereocenters. The van der Waals surface area contributed by atoms with Gasteiger partial charge in [-0.3, -0.25) is 14.5 Å². The van der Waals surface area contributed by atoms with E-state index < -0.39 is 5.25 Å². The third-order valence-corrected chi connectivity index (χ3v) is 7.17. The summed E-state index contributed by atoms with van der Waals surface area (Å²) >= 11 is 1.37. The van der Waals surface area contributed by atoms with Gasteiger partial charge in [0.05, 0.1) is 5.69 Å². The second-order valence-electron chi connectivity index (χ2n) is 8.56. The van der Waals surface area contributed by atoms with Crippen molar-refractivity contribution in [3.63, 3.8) is 0 Å². The number of amides is 2. The number of carbonyl (C=O) groups is 2. The van der Waals surface area contributed by atoms with Crippen molar-refractivity contribution in [1.29, 1.82) is 0 Å². The number of thioether (sulfide) groups is 1. The number of para-hydroxylation sites is 1. The average molecular weight is 490 g/mol. The van der Waals surface area contributed by atoms with Gasteiger partial charge in [-0.2, -0.15) is 0 Å². The Hall–Kier alpha value is -3.16. The molecule has 0 aliphatic carbocycles. The van der Waals surface area contributed by atoms with Gasteiger partial charge >= 0.3 is 0 Å². The summed E-state index contributed by atoms with van der Waals surface area (Å²) in [5, 5.41) is 5.25. The molecule has 1 aliphatic rings. The van der Waals surface area contributed by atoms with E-state index in [9.17, 15) is 9.59 Å². The summed E-state index contributed by atoms with van der Waals surface area (Å²) in [6.45, 7) is 7.60. The normalized spacial score (nSPS) is 16.9. The maximum absolute atomic E-state index is 13.4. The predicted molar refractivity (Wildman–Crippen MR) is 144 cm³/mol. The lowest BCUT2D eigenvalue weighted by Crippen LogP contribution is -2.34. The summed E-state index contributed by atoms with van der Waals surface area (Å²) in [6, 6.07) is 19.9. The maximum atomic E-state index is 13.4. The SMILES string of the molecule is CCOCCCN1C(=O)C(CC(=O)Nc2c(C)cccc2C)SC1=Nc1cccc2ccccc12. The van der Waals surface area contributed by atoms with Crippen molar-refractivity contribution in [3.8, 4) is 0 Å². The summed E-state index contributed by atoms with van der Waals surface area (Å²) in [7, 11) is 0. The highest BCUT2D eigenvalue weighted by Gasteiger charge is 2.39. The van der Waals surface area contributed by atoms with Gasteiger partial charge in [0.15, 0.2) is 5.17 Å². The molecule has 182 valence electrons. The van der Waals surface area contributed by atoms with Crippen LogP contribution in [-0.2, 0) is 14.3 Å². The van der Waals surface area contributed by atoms with Gasteiger partial charge in [0, 0.05) is 37.3 Å². The lowest BCUT2D eigenvalue weighted by atomic mass is 10.1. The molecule has 0 bridgehead atoms. The highest BCUT2D eigenvalue weighted by molar-refractivity contribution is 8.15. The van der Waals surface area contributed by atoms with E-state index in [-0.39, 0.29) is 18.2 Å². The Morgan fingerprint density at radius 1 is 1.06 bits per heavy atom. The Morgan fingerprint density at radius 3 is 2.54 bits per heavy atom. The zero-order valence-corrected chi connectivity index (χ0v) is 21.2. The molecular weight excluding hydrogens is 458 g/mol. The minimum absolute atomic E-state index is 0.0814. The number of nitrogens with one attached hydrogen (secondary N) is 1. The van der Waals surface area contributed by atoms with Gasteiger partial charge in [-0.05, 0) is 49.8 Å². The predicted octanol–water partition coefficient (Wildman–Crippen LogP) is 5.84. The molecule has 7 heteroatoms. The highest BCUT2D eigenvalue weighted by Crippen LogP contribution is 2.34. The second kappa shape index (κ2) is 11.5. The van der Waals surface area contributed by atoms with Crippen LogP contribution in [0.2, 0.25) is 0 Å². The number of benzene rings is 3. The zero-order chi connectivity index (χ0) is 24.8. The molecule has 1 N–H and O–H groups in total. The molecule has 0 saturated carbocycles. The van der Waals surface area contributed by atoms with E-state index in [2.05, 4.69) is 5.32 Å². The Bertz CT molecular complexity index is 1230. The van der Waals surface area contributed by atoms with Crippen LogP contribution in [-0.4, -0.2) is 46.9 Å². The molecule has 1 unspecified atom stereocenters. The van der Waals surface area contributed by atoms with Crippen molar-refractivity contribution < 1.29 is 14.3 Å². The molecule has 1 saturated heterocycles. The van der Waals surface area contributed by atoms with Crippen molar-refractivity contribution in [2.45, 2.75) is 38.9 Å². The number of anilines is 1. The molecule has 1 fully saturated rings. The highest BCUT2D eigenvalue weighted by atomic mass is 32.2. The fourth-order valence-corrected chi connectivity index (χ4v) is 5.36. The number of nitrogens with zero attached hydrogens (tertiary/aromatic N) is 2. The minimum Gasteiger partial charge on any atom is -0.382 e. The first-order chi connectivity index (χ1) is 17.0. The third kappa shape index (κ3) is 5.92. The summed E-state index contributed by atoms with van der Waals surface area (Å²) < 4.78 is 5.47. The lowest BCUT2D eigenvalue weighted by molar-refractivity contribution is -0.128. The van der Waals surface area contributed by atoms with Crippen LogP contribution in [0.1, 0.15) is 30.9 Å². The molecule has 3 aromatic carbocycles. The second-order valence-corrected chi connectivity index (χ2v) is 9.73. The van der Waals surface area contributed by atoms with Gasteiger partial charge in [-0.1, -0.05) is 66.4 Å². The molecule has 1 heterocycles. The van der Waals surface area contributed by atoms with Crippen molar-refractivity contribution in [2.75, 3.05) is 25.1 Å². The molecule has 4 rings (SSSR count). The number of aliphatic imine (C=N–C) groups is 1. The number of rotatable bonds is 9. The molecule has 3 aromatic rings. The Labute approximate surface area is 210 Å². The van der Waals surface area contributed by atoms with Crippen LogP contribution in [0.25, 0.3) is 10.8 Å². The zero-order valence-electron chi connectivity index (χ0n) is 20.4. The monoisotopic (exact) mass is 489 g/mol. The lowest BCUT2D eigenvalue weighted by Gasteiger charge is -2.17.